The third kappa shape index (κ3) is 3.15. The molecule has 1 unspecified atom stereocenters. The van der Waals surface area contributed by atoms with Crippen LogP contribution in [0.25, 0.3) is 17.1 Å². The van der Waals surface area contributed by atoms with Crippen LogP contribution in [0.5, 0.6) is 0 Å². The Morgan fingerprint density at radius 1 is 1.33 bits per heavy atom. The Hall–Kier alpha value is -2.91. The molecule has 3 heterocycles. The van der Waals surface area contributed by atoms with Gasteiger partial charge in [0.1, 0.15) is 17.3 Å². The lowest BCUT2D eigenvalue weighted by Gasteiger charge is -2.20. The van der Waals surface area contributed by atoms with Gasteiger partial charge in [-0.25, -0.2) is 9.50 Å². The normalized spacial score (nSPS) is 15.9. The number of nitrogens with zero attached hydrogens (tertiary/aromatic N) is 4. The Morgan fingerprint density at radius 3 is 2.67 bits per heavy atom. The van der Waals surface area contributed by atoms with E-state index in [0.29, 0.717) is 30.0 Å². The standard InChI is InChI=1S/C17H16F3N5O2/c1-8-6-22-27-13(8)12-5-9(2)25-15(23-12)11(7-21-25)16(26)24-14(10-3-4-10)17(18,19)20/h5-7,10,14H,3-4H2,1-2H3,(H,24,26). The Balaban J connectivity index is 1.72. The van der Waals surface area contributed by atoms with E-state index in [1.165, 1.54) is 16.9 Å². The summed E-state index contributed by atoms with van der Waals surface area (Å²) in [6.07, 6.45) is -0.839. The van der Waals surface area contributed by atoms with Crippen LogP contribution in [0.4, 0.5) is 13.2 Å². The van der Waals surface area contributed by atoms with Gasteiger partial charge in [0.15, 0.2) is 11.4 Å². The highest BCUT2D eigenvalue weighted by atomic mass is 19.4. The molecule has 3 aromatic rings. The largest absolute Gasteiger partial charge is 0.408 e. The van der Waals surface area contributed by atoms with Crippen LogP contribution in [0.15, 0.2) is 23.0 Å². The van der Waals surface area contributed by atoms with Gasteiger partial charge < -0.3 is 9.84 Å². The van der Waals surface area contributed by atoms with Crippen molar-refractivity contribution in [2.45, 2.75) is 38.9 Å². The molecule has 1 atom stereocenters. The molecule has 7 nitrogen and oxygen atoms in total. The summed E-state index contributed by atoms with van der Waals surface area (Å²) in [5, 5.41) is 9.89. The maximum absolute atomic E-state index is 13.2. The molecule has 1 aliphatic carbocycles. The third-order valence-corrected chi connectivity index (χ3v) is 4.61. The monoisotopic (exact) mass is 379 g/mol. The Labute approximate surface area is 151 Å². The minimum absolute atomic E-state index is 0.0213. The predicted octanol–water partition coefficient (Wildman–Crippen LogP) is 3.07. The van der Waals surface area contributed by atoms with Crippen LogP contribution >= 0.6 is 0 Å². The Bertz CT molecular complexity index is 1020. The summed E-state index contributed by atoms with van der Waals surface area (Å²) in [6.45, 7) is 3.54. The third-order valence-electron chi connectivity index (χ3n) is 4.61. The van der Waals surface area contributed by atoms with Gasteiger partial charge in [-0.3, -0.25) is 4.79 Å². The van der Waals surface area contributed by atoms with Crippen molar-refractivity contribution < 1.29 is 22.5 Å². The lowest BCUT2D eigenvalue weighted by Crippen LogP contribution is -2.46. The number of carbonyl (C=O) groups excluding carboxylic acids is 1. The highest BCUT2D eigenvalue weighted by molar-refractivity contribution is 6.00. The summed E-state index contributed by atoms with van der Waals surface area (Å²) in [4.78, 5) is 16.9. The number of fused-ring (bicyclic) bond motifs is 1. The van der Waals surface area contributed by atoms with Crippen LogP contribution in [-0.4, -0.2) is 37.9 Å². The minimum Gasteiger partial charge on any atom is -0.354 e. The van der Waals surface area contributed by atoms with Crippen molar-refractivity contribution >= 4 is 11.6 Å². The van der Waals surface area contributed by atoms with E-state index in [-0.39, 0.29) is 11.2 Å². The van der Waals surface area contributed by atoms with E-state index in [2.05, 4.69) is 20.6 Å². The number of aryl methyl sites for hydroxylation is 2. The molecule has 4 rings (SSSR count). The number of alkyl halides is 3. The maximum Gasteiger partial charge on any atom is 0.408 e. The molecular formula is C17H16F3N5O2. The fourth-order valence-corrected chi connectivity index (χ4v) is 3.04. The highest BCUT2D eigenvalue weighted by Crippen LogP contribution is 2.40. The molecule has 0 bridgehead atoms. The van der Waals surface area contributed by atoms with Crippen molar-refractivity contribution in [3.8, 4) is 11.5 Å². The van der Waals surface area contributed by atoms with Gasteiger partial charge in [-0.15, -0.1) is 0 Å². The van der Waals surface area contributed by atoms with Crippen molar-refractivity contribution in [3.05, 3.63) is 35.3 Å². The maximum atomic E-state index is 13.2. The fraction of sp³-hybridized carbons (Fsp3) is 0.412. The summed E-state index contributed by atoms with van der Waals surface area (Å²) in [5.74, 6) is -0.991. The molecule has 142 valence electrons. The predicted molar refractivity (Wildman–Crippen MR) is 88.0 cm³/mol. The van der Waals surface area contributed by atoms with Gasteiger partial charge in [0, 0.05) is 11.3 Å². The van der Waals surface area contributed by atoms with Crippen molar-refractivity contribution in [2.24, 2.45) is 5.92 Å². The molecule has 0 aromatic carbocycles. The fourth-order valence-electron chi connectivity index (χ4n) is 3.04. The second kappa shape index (κ2) is 6.07. The number of amides is 1. The number of carbonyl (C=O) groups is 1. The lowest BCUT2D eigenvalue weighted by molar-refractivity contribution is -0.158. The number of hydrogen-bond acceptors (Lipinski definition) is 5. The number of halogens is 3. The van der Waals surface area contributed by atoms with E-state index >= 15 is 0 Å². The van der Waals surface area contributed by atoms with E-state index in [4.69, 9.17) is 4.52 Å². The van der Waals surface area contributed by atoms with Crippen LogP contribution < -0.4 is 5.32 Å². The smallest absolute Gasteiger partial charge is 0.354 e. The molecule has 0 aliphatic heterocycles. The summed E-state index contributed by atoms with van der Waals surface area (Å²) >= 11 is 0. The van der Waals surface area contributed by atoms with E-state index < -0.39 is 24.0 Å². The summed E-state index contributed by atoms with van der Waals surface area (Å²) in [6, 6.07) is -0.154. The Kier molecular flexibility index (Phi) is 3.93. The number of rotatable bonds is 4. The first-order valence-corrected chi connectivity index (χ1v) is 8.40. The number of aromatic nitrogens is 4. The first-order chi connectivity index (χ1) is 12.8. The van der Waals surface area contributed by atoms with Crippen LogP contribution in [0.3, 0.4) is 0 Å². The molecule has 3 aromatic heterocycles. The molecule has 27 heavy (non-hydrogen) atoms. The SMILES string of the molecule is Cc1cnoc1-c1cc(C)n2ncc(C(=O)NC(C3CC3)C(F)(F)F)c2n1. The van der Waals surface area contributed by atoms with Gasteiger partial charge in [-0.05, 0) is 38.7 Å². The van der Waals surface area contributed by atoms with Gasteiger partial charge in [-0.1, -0.05) is 5.16 Å². The summed E-state index contributed by atoms with van der Waals surface area (Å²) in [7, 11) is 0. The molecule has 10 heteroatoms. The molecule has 1 amide bonds. The number of nitrogens with one attached hydrogen (secondary N) is 1. The molecule has 1 fully saturated rings. The molecule has 1 aliphatic rings. The molecule has 0 spiro atoms. The lowest BCUT2D eigenvalue weighted by atomic mass is 10.1. The average molecular weight is 379 g/mol. The van der Waals surface area contributed by atoms with Crippen molar-refractivity contribution in [3.63, 3.8) is 0 Å². The van der Waals surface area contributed by atoms with Crippen LogP contribution in [0, 0.1) is 19.8 Å². The van der Waals surface area contributed by atoms with Gasteiger partial charge in [0.25, 0.3) is 5.91 Å². The molecule has 1 saturated carbocycles. The van der Waals surface area contributed by atoms with Gasteiger partial charge >= 0.3 is 6.18 Å². The zero-order chi connectivity index (χ0) is 19.3. The minimum atomic E-state index is -4.49. The molecule has 1 N–H and O–H groups in total. The first-order valence-electron chi connectivity index (χ1n) is 8.40. The van der Waals surface area contributed by atoms with Gasteiger partial charge in [0.2, 0.25) is 0 Å². The first kappa shape index (κ1) is 17.5. The second-order valence-electron chi connectivity index (χ2n) is 6.74. The van der Waals surface area contributed by atoms with E-state index in [1.807, 2.05) is 0 Å². The quantitative estimate of drug-likeness (QED) is 0.753. The summed E-state index contributed by atoms with van der Waals surface area (Å²) < 4.78 is 46.2. The van der Waals surface area contributed by atoms with Crippen molar-refractivity contribution in [1.29, 1.82) is 0 Å². The van der Waals surface area contributed by atoms with Crippen LogP contribution in [-0.2, 0) is 0 Å². The molecular weight excluding hydrogens is 363 g/mol. The topological polar surface area (TPSA) is 85.3 Å². The van der Waals surface area contributed by atoms with Gasteiger partial charge in [0.05, 0.1) is 12.4 Å². The average Bonchev–Trinajstić information content (AvgIpc) is 3.17. The van der Waals surface area contributed by atoms with Crippen molar-refractivity contribution in [2.75, 3.05) is 0 Å². The zero-order valence-corrected chi connectivity index (χ0v) is 14.5. The van der Waals surface area contributed by atoms with Crippen molar-refractivity contribution in [1.82, 2.24) is 25.1 Å². The van der Waals surface area contributed by atoms with Gasteiger partial charge in [-0.2, -0.15) is 18.3 Å². The molecule has 0 saturated heterocycles. The number of hydrogen-bond donors (Lipinski definition) is 1. The van der Waals surface area contributed by atoms with E-state index in [9.17, 15) is 18.0 Å². The Morgan fingerprint density at radius 2 is 2.07 bits per heavy atom. The van der Waals surface area contributed by atoms with E-state index in [0.717, 1.165) is 5.56 Å². The van der Waals surface area contributed by atoms with Crippen LogP contribution in [0.2, 0.25) is 0 Å². The van der Waals surface area contributed by atoms with E-state index in [1.54, 1.807) is 19.9 Å². The molecule has 0 radical (unpaired) electrons. The summed E-state index contributed by atoms with van der Waals surface area (Å²) in [5.41, 5.74) is 1.98. The van der Waals surface area contributed by atoms with Crippen LogP contribution in [0.1, 0.15) is 34.5 Å². The second-order valence-corrected chi connectivity index (χ2v) is 6.74. The zero-order valence-electron chi connectivity index (χ0n) is 14.5. The highest BCUT2D eigenvalue weighted by Gasteiger charge is 2.49.